The molecular formula is C16H22ClNO4. The fourth-order valence-electron chi connectivity index (χ4n) is 2.18. The zero-order valence-corrected chi connectivity index (χ0v) is 13.7. The van der Waals surface area contributed by atoms with Gasteiger partial charge in [-0.3, -0.25) is 4.90 Å². The first kappa shape index (κ1) is 18.3. The smallest absolute Gasteiger partial charge is 0.492 e. The van der Waals surface area contributed by atoms with E-state index in [-0.39, 0.29) is 12.4 Å². The van der Waals surface area contributed by atoms with E-state index in [4.69, 9.17) is 9.47 Å². The molecule has 1 aliphatic heterocycles. The number of rotatable bonds is 5. The summed E-state index contributed by atoms with van der Waals surface area (Å²) in [7, 11) is 1.30. The van der Waals surface area contributed by atoms with Gasteiger partial charge in [-0.1, -0.05) is 12.1 Å². The molecule has 6 heteroatoms. The molecule has 0 saturated heterocycles. The van der Waals surface area contributed by atoms with Crippen LogP contribution >= 0.6 is 12.4 Å². The summed E-state index contributed by atoms with van der Waals surface area (Å²) in [5, 5.41) is 0. The second-order valence-electron chi connectivity index (χ2n) is 4.96. The summed E-state index contributed by atoms with van der Waals surface area (Å²) in [5.74, 6) is 1.53. The average molecular weight is 328 g/mol. The lowest BCUT2D eigenvalue weighted by atomic mass is 10.2. The lowest BCUT2D eigenvalue weighted by Gasteiger charge is -2.26. The number of halogens is 1. The molecule has 0 aliphatic carbocycles. The monoisotopic (exact) mass is 327 g/mol. The van der Waals surface area contributed by atoms with Gasteiger partial charge in [0.1, 0.15) is 18.1 Å². The van der Waals surface area contributed by atoms with Crippen LogP contribution in [-0.4, -0.2) is 44.4 Å². The van der Waals surface area contributed by atoms with Gasteiger partial charge in [-0.2, -0.15) is 0 Å². The van der Waals surface area contributed by atoms with Crippen LogP contribution in [-0.2, 0) is 9.47 Å². The molecule has 0 saturated carbocycles. The van der Waals surface area contributed by atoms with Crippen LogP contribution in [0.2, 0.25) is 0 Å². The number of carbonyl (C=O) groups excluding carboxylic acids is 1. The van der Waals surface area contributed by atoms with E-state index in [2.05, 4.69) is 9.64 Å². The lowest BCUT2D eigenvalue weighted by Crippen LogP contribution is -2.34. The van der Waals surface area contributed by atoms with Crippen LogP contribution in [0.4, 0.5) is 4.79 Å². The summed E-state index contributed by atoms with van der Waals surface area (Å²) in [6.45, 7) is 4.97. The Morgan fingerprint density at radius 3 is 2.91 bits per heavy atom. The normalized spacial score (nSPS) is 14.5. The summed E-state index contributed by atoms with van der Waals surface area (Å²) in [6, 6.07) is 7.99. The van der Waals surface area contributed by atoms with E-state index < -0.39 is 6.16 Å². The van der Waals surface area contributed by atoms with E-state index in [0.717, 1.165) is 25.3 Å². The minimum atomic E-state index is -0.667. The molecule has 1 aromatic rings. The molecule has 0 atom stereocenters. The van der Waals surface area contributed by atoms with Crippen molar-refractivity contribution >= 4 is 18.6 Å². The fourth-order valence-corrected chi connectivity index (χ4v) is 2.18. The van der Waals surface area contributed by atoms with E-state index in [0.29, 0.717) is 18.9 Å². The molecule has 0 bridgehead atoms. The number of ether oxygens (including phenoxy) is 3. The molecule has 122 valence electrons. The molecule has 0 radical (unpaired) electrons. The molecule has 2 rings (SSSR count). The van der Waals surface area contributed by atoms with Crippen LogP contribution in [0.1, 0.15) is 12.0 Å². The SMILES string of the molecule is COC(=O)OC1=CCCN(CCOc2cccc(C)c2)C1.Cl. The van der Waals surface area contributed by atoms with Gasteiger partial charge in [0.15, 0.2) is 0 Å². The van der Waals surface area contributed by atoms with Gasteiger partial charge in [0, 0.05) is 13.1 Å². The lowest BCUT2D eigenvalue weighted by molar-refractivity contribution is 0.0859. The molecule has 5 nitrogen and oxygen atoms in total. The maximum Gasteiger partial charge on any atom is 0.513 e. The maximum atomic E-state index is 11.1. The van der Waals surface area contributed by atoms with E-state index in [9.17, 15) is 4.79 Å². The Bertz CT molecular complexity index is 519. The van der Waals surface area contributed by atoms with Crippen molar-refractivity contribution < 1.29 is 19.0 Å². The van der Waals surface area contributed by atoms with Crippen molar-refractivity contribution in [3.63, 3.8) is 0 Å². The highest BCUT2D eigenvalue weighted by Gasteiger charge is 2.16. The number of hydrogen-bond acceptors (Lipinski definition) is 5. The minimum Gasteiger partial charge on any atom is -0.492 e. The van der Waals surface area contributed by atoms with Gasteiger partial charge in [0.25, 0.3) is 0 Å². The fraction of sp³-hybridized carbons (Fsp3) is 0.438. The van der Waals surface area contributed by atoms with Crippen LogP contribution in [0.3, 0.4) is 0 Å². The van der Waals surface area contributed by atoms with Gasteiger partial charge in [-0.25, -0.2) is 4.79 Å². The van der Waals surface area contributed by atoms with Crippen LogP contribution in [0.25, 0.3) is 0 Å². The maximum absolute atomic E-state index is 11.1. The van der Waals surface area contributed by atoms with E-state index in [1.165, 1.54) is 12.7 Å². The summed E-state index contributed by atoms with van der Waals surface area (Å²) in [5.41, 5.74) is 1.18. The number of hydrogen-bond donors (Lipinski definition) is 0. The molecule has 0 spiro atoms. The summed E-state index contributed by atoms with van der Waals surface area (Å²) < 4.78 is 15.3. The van der Waals surface area contributed by atoms with Gasteiger partial charge in [0.2, 0.25) is 0 Å². The Morgan fingerprint density at radius 1 is 1.36 bits per heavy atom. The van der Waals surface area contributed by atoms with E-state index in [1.54, 1.807) is 0 Å². The van der Waals surface area contributed by atoms with Crippen molar-refractivity contribution in [2.45, 2.75) is 13.3 Å². The second kappa shape index (κ2) is 9.33. The van der Waals surface area contributed by atoms with Gasteiger partial charge < -0.3 is 14.2 Å². The zero-order valence-electron chi connectivity index (χ0n) is 12.9. The molecule has 0 fully saturated rings. The van der Waals surface area contributed by atoms with Crippen LogP contribution in [0.15, 0.2) is 36.1 Å². The molecule has 22 heavy (non-hydrogen) atoms. The van der Waals surface area contributed by atoms with Crippen LogP contribution < -0.4 is 4.74 Å². The molecule has 1 heterocycles. The Kier molecular flexibility index (Phi) is 7.77. The standard InChI is InChI=1S/C16H21NO4.ClH/c1-13-5-3-6-14(11-13)20-10-9-17-8-4-7-15(12-17)21-16(18)19-2;/h3,5-7,11H,4,8-10,12H2,1-2H3;1H. The number of nitrogens with zero attached hydrogens (tertiary/aromatic N) is 1. The predicted molar refractivity (Wildman–Crippen MR) is 86.6 cm³/mol. The summed E-state index contributed by atoms with van der Waals surface area (Å²) in [6.07, 6.45) is 2.12. The number of benzene rings is 1. The number of methoxy groups -OCH3 is 1. The van der Waals surface area contributed by atoms with Crippen molar-refractivity contribution in [2.24, 2.45) is 0 Å². The first-order valence-corrected chi connectivity index (χ1v) is 7.04. The Hall–Kier alpha value is -1.72. The van der Waals surface area contributed by atoms with Crippen LogP contribution in [0.5, 0.6) is 5.75 Å². The Balaban J connectivity index is 0.00000242. The second-order valence-corrected chi connectivity index (χ2v) is 4.96. The molecule has 1 aliphatic rings. The van der Waals surface area contributed by atoms with Crippen molar-refractivity contribution in [3.8, 4) is 5.75 Å². The predicted octanol–water partition coefficient (Wildman–Crippen LogP) is 3.17. The van der Waals surface area contributed by atoms with Gasteiger partial charge in [-0.15, -0.1) is 12.4 Å². The summed E-state index contributed by atoms with van der Waals surface area (Å²) in [4.78, 5) is 13.3. The minimum absolute atomic E-state index is 0. The molecular weight excluding hydrogens is 306 g/mol. The first-order chi connectivity index (χ1) is 10.2. The largest absolute Gasteiger partial charge is 0.513 e. The van der Waals surface area contributed by atoms with Crippen LogP contribution in [0, 0.1) is 6.92 Å². The van der Waals surface area contributed by atoms with E-state index >= 15 is 0 Å². The number of aryl methyl sites for hydroxylation is 1. The molecule has 0 aromatic heterocycles. The average Bonchev–Trinajstić information content (AvgIpc) is 2.47. The third-order valence-corrected chi connectivity index (χ3v) is 3.24. The highest BCUT2D eigenvalue weighted by atomic mass is 35.5. The quantitative estimate of drug-likeness (QED) is 0.777. The van der Waals surface area contributed by atoms with Gasteiger partial charge in [-0.05, 0) is 37.1 Å². The van der Waals surface area contributed by atoms with Crippen molar-refractivity contribution in [1.82, 2.24) is 4.90 Å². The Labute approximate surface area is 137 Å². The third-order valence-electron chi connectivity index (χ3n) is 3.24. The van der Waals surface area contributed by atoms with Crippen molar-refractivity contribution in [3.05, 3.63) is 41.7 Å². The third kappa shape index (κ3) is 5.95. The highest BCUT2D eigenvalue weighted by molar-refractivity contribution is 5.85. The molecule has 0 N–H and O–H groups in total. The summed E-state index contributed by atoms with van der Waals surface area (Å²) >= 11 is 0. The zero-order chi connectivity index (χ0) is 15.1. The molecule has 1 aromatic carbocycles. The van der Waals surface area contributed by atoms with Crippen molar-refractivity contribution in [2.75, 3.05) is 33.4 Å². The molecule has 0 unspecified atom stereocenters. The first-order valence-electron chi connectivity index (χ1n) is 7.04. The Morgan fingerprint density at radius 2 is 2.18 bits per heavy atom. The topological polar surface area (TPSA) is 48.0 Å². The van der Waals surface area contributed by atoms with Gasteiger partial charge in [0.05, 0.1) is 13.7 Å². The number of carbonyl (C=O) groups is 1. The van der Waals surface area contributed by atoms with E-state index in [1.807, 2.05) is 37.3 Å². The van der Waals surface area contributed by atoms with Crippen molar-refractivity contribution in [1.29, 1.82) is 0 Å². The van der Waals surface area contributed by atoms with Gasteiger partial charge >= 0.3 is 6.16 Å². The highest BCUT2D eigenvalue weighted by Crippen LogP contribution is 2.14. The molecule has 0 amide bonds.